The predicted octanol–water partition coefficient (Wildman–Crippen LogP) is 3.37. The summed E-state index contributed by atoms with van der Waals surface area (Å²) in [6.45, 7) is 5.45. The molecule has 1 saturated heterocycles. The van der Waals surface area contributed by atoms with Gasteiger partial charge in [0.15, 0.2) is 0 Å². The molecule has 4 rings (SSSR count). The molecule has 0 radical (unpaired) electrons. The van der Waals surface area contributed by atoms with Gasteiger partial charge in [0.1, 0.15) is 5.75 Å². The average molecular weight is 448 g/mol. The standard InChI is InChI=1S/C26H29N3O4/c1-2-33-24-13-6-5-12-22(24)28-26(31)25(30)27-18-23(29-14-16-32-17-15-29)21-11-7-9-19-8-3-4-10-20(19)21/h3-13,23H,2,14-18H2,1H3,(H,27,30)(H,28,31)/t23-/m1/s1. The molecular weight excluding hydrogens is 418 g/mol. The monoisotopic (exact) mass is 447 g/mol. The molecule has 7 nitrogen and oxygen atoms in total. The van der Waals surface area contributed by atoms with Crippen LogP contribution in [0, 0.1) is 0 Å². The van der Waals surface area contributed by atoms with Crippen LogP contribution in [0.15, 0.2) is 66.7 Å². The lowest BCUT2D eigenvalue weighted by Crippen LogP contribution is -2.45. The molecule has 2 N–H and O–H groups in total. The Hall–Kier alpha value is -3.42. The van der Waals surface area contributed by atoms with E-state index in [0.29, 0.717) is 37.8 Å². The Morgan fingerprint density at radius 1 is 0.970 bits per heavy atom. The maximum Gasteiger partial charge on any atom is 0.313 e. The van der Waals surface area contributed by atoms with E-state index in [1.807, 2.05) is 31.2 Å². The van der Waals surface area contributed by atoms with Gasteiger partial charge in [-0.25, -0.2) is 0 Å². The summed E-state index contributed by atoms with van der Waals surface area (Å²) in [6.07, 6.45) is 0. The van der Waals surface area contributed by atoms with Gasteiger partial charge in [-0.1, -0.05) is 54.6 Å². The highest BCUT2D eigenvalue weighted by Crippen LogP contribution is 2.29. The summed E-state index contributed by atoms with van der Waals surface area (Å²) in [5.41, 5.74) is 1.59. The van der Waals surface area contributed by atoms with Crippen molar-refractivity contribution in [2.24, 2.45) is 0 Å². The van der Waals surface area contributed by atoms with Crippen LogP contribution in [-0.2, 0) is 14.3 Å². The summed E-state index contributed by atoms with van der Waals surface area (Å²) < 4.78 is 11.1. The third-order valence-electron chi connectivity index (χ3n) is 5.77. The van der Waals surface area contributed by atoms with Crippen molar-refractivity contribution in [1.82, 2.24) is 10.2 Å². The average Bonchev–Trinajstić information content (AvgIpc) is 2.86. The zero-order valence-corrected chi connectivity index (χ0v) is 18.8. The van der Waals surface area contributed by atoms with Crippen LogP contribution in [0.2, 0.25) is 0 Å². The molecule has 3 aromatic carbocycles. The van der Waals surface area contributed by atoms with Gasteiger partial charge in [0.05, 0.1) is 31.5 Å². The number of rotatable bonds is 7. The molecule has 0 unspecified atom stereocenters. The Bertz CT molecular complexity index is 1110. The minimum Gasteiger partial charge on any atom is -0.492 e. The van der Waals surface area contributed by atoms with Crippen molar-refractivity contribution < 1.29 is 19.1 Å². The normalized spacial score (nSPS) is 15.1. The van der Waals surface area contributed by atoms with Crippen molar-refractivity contribution >= 4 is 28.3 Å². The van der Waals surface area contributed by atoms with Gasteiger partial charge in [0, 0.05) is 19.6 Å². The van der Waals surface area contributed by atoms with E-state index < -0.39 is 11.8 Å². The van der Waals surface area contributed by atoms with Crippen molar-refractivity contribution in [3.63, 3.8) is 0 Å². The first kappa shape index (κ1) is 22.8. The number of hydrogen-bond donors (Lipinski definition) is 2. The van der Waals surface area contributed by atoms with Crippen LogP contribution in [-0.4, -0.2) is 56.2 Å². The highest BCUT2D eigenvalue weighted by atomic mass is 16.5. The van der Waals surface area contributed by atoms with Gasteiger partial charge < -0.3 is 20.1 Å². The highest BCUT2D eigenvalue weighted by molar-refractivity contribution is 6.39. The Kier molecular flexibility index (Phi) is 7.55. The zero-order valence-electron chi connectivity index (χ0n) is 18.8. The summed E-state index contributed by atoms with van der Waals surface area (Å²) in [5.74, 6) is -0.872. The number of nitrogens with zero attached hydrogens (tertiary/aromatic N) is 1. The number of amides is 2. The number of benzene rings is 3. The molecule has 0 spiro atoms. The summed E-state index contributed by atoms with van der Waals surface area (Å²) in [5, 5.41) is 7.78. The van der Waals surface area contributed by atoms with Crippen LogP contribution in [0.3, 0.4) is 0 Å². The quantitative estimate of drug-likeness (QED) is 0.543. The third kappa shape index (κ3) is 5.50. The Balaban J connectivity index is 1.50. The molecule has 33 heavy (non-hydrogen) atoms. The van der Waals surface area contributed by atoms with Crippen LogP contribution in [0.1, 0.15) is 18.5 Å². The van der Waals surface area contributed by atoms with Gasteiger partial charge >= 0.3 is 11.8 Å². The molecule has 172 valence electrons. The van der Waals surface area contributed by atoms with E-state index in [4.69, 9.17) is 9.47 Å². The lowest BCUT2D eigenvalue weighted by Gasteiger charge is -2.35. The first-order chi connectivity index (χ1) is 16.2. The summed E-state index contributed by atoms with van der Waals surface area (Å²) in [6, 6.07) is 21.4. The maximum atomic E-state index is 12.7. The number of morpholine rings is 1. The van der Waals surface area contributed by atoms with Crippen molar-refractivity contribution in [3.05, 3.63) is 72.3 Å². The van der Waals surface area contributed by atoms with E-state index in [1.54, 1.807) is 18.2 Å². The first-order valence-electron chi connectivity index (χ1n) is 11.3. The zero-order chi connectivity index (χ0) is 23.0. The number of carbonyl (C=O) groups is 2. The van der Waals surface area contributed by atoms with Crippen LogP contribution >= 0.6 is 0 Å². The number of fused-ring (bicyclic) bond motifs is 1. The predicted molar refractivity (Wildman–Crippen MR) is 128 cm³/mol. The number of hydrogen-bond acceptors (Lipinski definition) is 5. The summed E-state index contributed by atoms with van der Waals surface area (Å²) in [4.78, 5) is 27.6. The minimum atomic E-state index is -0.721. The lowest BCUT2D eigenvalue weighted by molar-refractivity contribution is -0.136. The molecule has 1 fully saturated rings. The minimum absolute atomic E-state index is 0.0764. The number of para-hydroxylation sites is 2. The van der Waals surface area contributed by atoms with Gasteiger partial charge in [-0.3, -0.25) is 14.5 Å². The van der Waals surface area contributed by atoms with Gasteiger partial charge in [-0.05, 0) is 35.4 Å². The Morgan fingerprint density at radius 3 is 2.52 bits per heavy atom. The van der Waals surface area contributed by atoms with Crippen molar-refractivity contribution in [2.45, 2.75) is 13.0 Å². The van der Waals surface area contributed by atoms with Crippen LogP contribution in [0.4, 0.5) is 5.69 Å². The lowest BCUT2D eigenvalue weighted by atomic mass is 9.97. The third-order valence-corrected chi connectivity index (χ3v) is 5.77. The van der Waals surface area contributed by atoms with Crippen molar-refractivity contribution in [1.29, 1.82) is 0 Å². The molecule has 7 heteroatoms. The maximum absolute atomic E-state index is 12.7. The summed E-state index contributed by atoms with van der Waals surface area (Å²) in [7, 11) is 0. The van der Waals surface area contributed by atoms with E-state index in [1.165, 1.54) is 0 Å². The van der Waals surface area contributed by atoms with E-state index in [0.717, 1.165) is 29.4 Å². The Labute approximate surface area is 193 Å². The number of ether oxygens (including phenoxy) is 2. The molecular formula is C26H29N3O4. The largest absolute Gasteiger partial charge is 0.492 e. The smallest absolute Gasteiger partial charge is 0.313 e. The van der Waals surface area contributed by atoms with Crippen molar-refractivity contribution in [3.8, 4) is 5.75 Å². The second-order valence-corrected chi connectivity index (χ2v) is 7.83. The van der Waals surface area contributed by atoms with Gasteiger partial charge in [-0.2, -0.15) is 0 Å². The topological polar surface area (TPSA) is 79.9 Å². The molecule has 0 bridgehead atoms. The first-order valence-corrected chi connectivity index (χ1v) is 11.3. The molecule has 3 aromatic rings. The van der Waals surface area contributed by atoms with Crippen LogP contribution < -0.4 is 15.4 Å². The Morgan fingerprint density at radius 2 is 1.70 bits per heavy atom. The van der Waals surface area contributed by atoms with Gasteiger partial charge in [0.25, 0.3) is 0 Å². The number of carbonyl (C=O) groups excluding carboxylic acids is 2. The molecule has 0 aliphatic carbocycles. The van der Waals surface area contributed by atoms with Crippen LogP contribution in [0.25, 0.3) is 10.8 Å². The second kappa shape index (κ2) is 10.9. The molecule has 1 aliphatic heterocycles. The van der Waals surface area contributed by atoms with E-state index in [-0.39, 0.29) is 6.04 Å². The highest BCUT2D eigenvalue weighted by Gasteiger charge is 2.26. The molecule has 1 aliphatic rings. The molecule has 2 amide bonds. The molecule has 1 atom stereocenters. The van der Waals surface area contributed by atoms with Gasteiger partial charge in [0.2, 0.25) is 0 Å². The van der Waals surface area contributed by atoms with E-state index in [2.05, 4.69) is 39.8 Å². The van der Waals surface area contributed by atoms with Crippen LogP contribution in [0.5, 0.6) is 5.75 Å². The molecule has 0 saturated carbocycles. The van der Waals surface area contributed by atoms with E-state index in [9.17, 15) is 9.59 Å². The van der Waals surface area contributed by atoms with E-state index >= 15 is 0 Å². The van der Waals surface area contributed by atoms with Crippen molar-refractivity contribution in [2.75, 3.05) is 44.8 Å². The number of anilines is 1. The summed E-state index contributed by atoms with van der Waals surface area (Å²) >= 11 is 0. The fourth-order valence-corrected chi connectivity index (χ4v) is 4.17. The van der Waals surface area contributed by atoms with Gasteiger partial charge in [-0.15, -0.1) is 0 Å². The fraction of sp³-hybridized carbons (Fsp3) is 0.308. The molecule has 0 aromatic heterocycles. The SMILES string of the molecule is CCOc1ccccc1NC(=O)C(=O)NC[C@H](c1cccc2ccccc12)N1CCOCC1. The molecule has 1 heterocycles. The fourth-order valence-electron chi connectivity index (χ4n) is 4.17. The second-order valence-electron chi connectivity index (χ2n) is 7.83. The number of nitrogens with one attached hydrogen (secondary N) is 2.